The molecule has 0 unspecified atom stereocenters. The average Bonchev–Trinajstić information content (AvgIpc) is 2.60. The number of hydrogen-bond acceptors (Lipinski definition) is 4. The SMILES string of the molecule is NC(=O)c1ccc(NC(=O)COC(=O)Cc2cccc(C(F)(F)F)c2)cc1. The van der Waals surface area contributed by atoms with E-state index < -0.39 is 42.6 Å². The van der Waals surface area contributed by atoms with Gasteiger partial charge in [-0.05, 0) is 35.9 Å². The Morgan fingerprint density at radius 3 is 2.30 bits per heavy atom. The number of hydrogen-bond donors (Lipinski definition) is 2. The molecule has 0 spiro atoms. The predicted molar refractivity (Wildman–Crippen MR) is 89.7 cm³/mol. The van der Waals surface area contributed by atoms with Crippen LogP contribution in [0.15, 0.2) is 48.5 Å². The van der Waals surface area contributed by atoms with E-state index in [0.29, 0.717) is 5.69 Å². The van der Waals surface area contributed by atoms with Crippen LogP contribution >= 0.6 is 0 Å². The lowest BCUT2D eigenvalue weighted by molar-refractivity contribution is -0.146. The third-order valence-electron chi connectivity index (χ3n) is 3.42. The first kappa shape index (κ1) is 20.0. The second-order valence-corrected chi connectivity index (χ2v) is 5.53. The number of carbonyl (C=O) groups excluding carboxylic acids is 3. The predicted octanol–water partition coefficient (Wildman–Crippen LogP) is 2.53. The number of anilines is 1. The van der Waals surface area contributed by atoms with Crippen molar-refractivity contribution in [2.75, 3.05) is 11.9 Å². The van der Waals surface area contributed by atoms with Gasteiger partial charge in [-0.3, -0.25) is 14.4 Å². The summed E-state index contributed by atoms with van der Waals surface area (Å²) in [6.45, 7) is -0.602. The average molecular weight is 380 g/mol. The van der Waals surface area contributed by atoms with Crippen LogP contribution in [0.4, 0.5) is 18.9 Å². The molecule has 0 saturated carbocycles. The summed E-state index contributed by atoms with van der Waals surface area (Å²) in [6.07, 6.45) is -4.91. The van der Waals surface area contributed by atoms with Crippen molar-refractivity contribution in [1.82, 2.24) is 0 Å². The lowest BCUT2D eigenvalue weighted by atomic mass is 10.1. The number of benzene rings is 2. The lowest BCUT2D eigenvalue weighted by Gasteiger charge is -2.09. The Morgan fingerprint density at radius 2 is 1.70 bits per heavy atom. The molecule has 0 fully saturated rings. The highest BCUT2D eigenvalue weighted by atomic mass is 19.4. The minimum atomic E-state index is -4.51. The van der Waals surface area contributed by atoms with Crippen LogP contribution in [0.3, 0.4) is 0 Å². The summed E-state index contributed by atoms with van der Waals surface area (Å²) < 4.78 is 42.7. The van der Waals surface area contributed by atoms with Gasteiger partial charge in [-0.25, -0.2) is 0 Å². The quantitative estimate of drug-likeness (QED) is 0.753. The second-order valence-electron chi connectivity index (χ2n) is 5.53. The molecule has 2 amide bonds. The lowest BCUT2D eigenvalue weighted by Crippen LogP contribution is -2.21. The van der Waals surface area contributed by atoms with E-state index in [9.17, 15) is 27.6 Å². The maximum Gasteiger partial charge on any atom is 0.416 e. The van der Waals surface area contributed by atoms with Gasteiger partial charge in [-0.2, -0.15) is 13.2 Å². The fraction of sp³-hybridized carbons (Fsp3) is 0.167. The standard InChI is InChI=1S/C18H15F3N2O4/c19-18(20,21)13-3-1-2-11(8-13)9-16(25)27-10-15(24)23-14-6-4-12(5-7-14)17(22)26/h1-8H,9-10H2,(H2,22,26)(H,23,24). The first-order valence-corrected chi connectivity index (χ1v) is 7.66. The van der Waals surface area contributed by atoms with Crippen molar-refractivity contribution in [2.24, 2.45) is 5.73 Å². The smallest absolute Gasteiger partial charge is 0.416 e. The van der Waals surface area contributed by atoms with Crippen LogP contribution in [-0.4, -0.2) is 24.4 Å². The fourth-order valence-electron chi connectivity index (χ4n) is 2.14. The number of halogens is 3. The van der Waals surface area contributed by atoms with Gasteiger partial charge in [0.15, 0.2) is 6.61 Å². The van der Waals surface area contributed by atoms with Crippen molar-refractivity contribution < 1.29 is 32.3 Å². The third-order valence-corrected chi connectivity index (χ3v) is 3.42. The zero-order chi connectivity index (χ0) is 20.0. The summed E-state index contributed by atoms with van der Waals surface area (Å²) in [5, 5.41) is 2.44. The largest absolute Gasteiger partial charge is 0.455 e. The highest BCUT2D eigenvalue weighted by Gasteiger charge is 2.30. The van der Waals surface area contributed by atoms with Crippen LogP contribution in [0.1, 0.15) is 21.5 Å². The van der Waals surface area contributed by atoms with Crippen LogP contribution in [0, 0.1) is 0 Å². The van der Waals surface area contributed by atoms with Crippen molar-refractivity contribution in [3.8, 4) is 0 Å². The number of nitrogens with one attached hydrogen (secondary N) is 1. The normalized spacial score (nSPS) is 10.9. The number of amides is 2. The monoisotopic (exact) mass is 380 g/mol. The van der Waals surface area contributed by atoms with Crippen LogP contribution in [0.2, 0.25) is 0 Å². The molecule has 142 valence electrons. The fourth-order valence-corrected chi connectivity index (χ4v) is 2.14. The first-order valence-electron chi connectivity index (χ1n) is 7.66. The molecule has 0 aliphatic carbocycles. The second kappa shape index (κ2) is 8.35. The Labute approximate surface area is 152 Å². The van der Waals surface area contributed by atoms with Crippen molar-refractivity contribution in [1.29, 1.82) is 0 Å². The van der Waals surface area contributed by atoms with Crippen molar-refractivity contribution in [2.45, 2.75) is 12.6 Å². The van der Waals surface area contributed by atoms with E-state index in [1.165, 1.54) is 36.4 Å². The highest BCUT2D eigenvalue weighted by Crippen LogP contribution is 2.29. The first-order chi connectivity index (χ1) is 12.6. The maximum absolute atomic E-state index is 12.6. The number of rotatable bonds is 6. The Morgan fingerprint density at radius 1 is 1.04 bits per heavy atom. The van der Waals surface area contributed by atoms with E-state index in [1.807, 2.05) is 0 Å². The molecule has 0 heterocycles. The van der Waals surface area contributed by atoms with E-state index >= 15 is 0 Å². The molecule has 9 heteroatoms. The van der Waals surface area contributed by atoms with E-state index in [0.717, 1.165) is 12.1 Å². The Bertz CT molecular complexity index is 848. The molecular weight excluding hydrogens is 365 g/mol. The molecule has 3 N–H and O–H groups in total. The molecular formula is C18H15F3N2O4. The molecule has 0 aliphatic rings. The molecule has 0 aliphatic heterocycles. The van der Waals surface area contributed by atoms with Crippen LogP contribution < -0.4 is 11.1 Å². The number of nitrogens with two attached hydrogens (primary N) is 1. The zero-order valence-electron chi connectivity index (χ0n) is 13.9. The van der Waals surface area contributed by atoms with Crippen LogP contribution in [0.5, 0.6) is 0 Å². The van der Waals surface area contributed by atoms with Crippen molar-refractivity contribution in [3.05, 3.63) is 65.2 Å². The summed E-state index contributed by atoms with van der Waals surface area (Å²) in [6, 6.07) is 10.0. The van der Waals surface area contributed by atoms with Gasteiger partial charge in [0.05, 0.1) is 12.0 Å². The summed E-state index contributed by atoms with van der Waals surface area (Å²) in [4.78, 5) is 34.4. The highest BCUT2D eigenvalue weighted by molar-refractivity contribution is 5.95. The molecule has 0 bridgehead atoms. The van der Waals surface area contributed by atoms with Crippen LogP contribution in [-0.2, 0) is 26.9 Å². The molecule has 0 aromatic heterocycles. The van der Waals surface area contributed by atoms with Crippen LogP contribution in [0.25, 0.3) is 0 Å². The summed E-state index contributed by atoms with van der Waals surface area (Å²) in [5.41, 5.74) is 4.97. The topological polar surface area (TPSA) is 98.5 Å². The molecule has 0 saturated heterocycles. The molecule has 0 atom stereocenters. The van der Waals surface area contributed by atoms with Gasteiger partial charge in [-0.1, -0.05) is 18.2 Å². The van der Waals surface area contributed by atoms with Gasteiger partial charge < -0.3 is 15.8 Å². The minimum absolute atomic E-state index is 0.122. The van der Waals surface area contributed by atoms with E-state index in [1.54, 1.807) is 0 Å². The van der Waals surface area contributed by atoms with E-state index in [2.05, 4.69) is 5.32 Å². The molecule has 2 aromatic rings. The number of alkyl halides is 3. The number of primary amides is 1. The molecule has 6 nitrogen and oxygen atoms in total. The number of ether oxygens (including phenoxy) is 1. The molecule has 2 rings (SSSR count). The maximum atomic E-state index is 12.6. The summed E-state index contributed by atoms with van der Waals surface area (Å²) in [7, 11) is 0. The van der Waals surface area contributed by atoms with Gasteiger partial charge in [0, 0.05) is 11.3 Å². The van der Waals surface area contributed by atoms with Gasteiger partial charge in [-0.15, -0.1) is 0 Å². The van der Waals surface area contributed by atoms with Gasteiger partial charge >= 0.3 is 12.1 Å². The molecule has 2 aromatic carbocycles. The van der Waals surface area contributed by atoms with Crippen molar-refractivity contribution >= 4 is 23.5 Å². The van der Waals surface area contributed by atoms with E-state index in [4.69, 9.17) is 10.5 Å². The zero-order valence-corrected chi connectivity index (χ0v) is 13.9. The Hall–Kier alpha value is -3.36. The van der Waals surface area contributed by atoms with Crippen molar-refractivity contribution in [3.63, 3.8) is 0 Å². The molecule has 0 radical (unpaired) electrons. The van der Waals surface area contributed by atoms with Gasteiger partial charge in [0.1, 0.15) is 0 Å². The Balaban J connectivity index is 1.84. The summed E-state index contributed by atoms with van der Waals surface area (Å²) in [5.74, 6) is -2.09. The number of esters is 1. The molecule has 27 heavy (non-hydrogen) atoms. The van der Waals surface area contributed by atoms with Gasteiger partial charge in [0.2, 0.25) is 5.91 Å². The number of carbonyl (C=O) groups is 3. The Kier molecular flexibility index (Phi) is 6.17. The van der Waals surface area contributed by atoms with E-state index in [-0.39, 0.29) is 11.1 Å². The van der Waals surface area contributed by atoms with Gasteiger partial charge in [0.25, 0.3) is 5.91 Å². The third kappa shape index (κ3) is 6.14. The summed E-state index contributed by atoms with van der Waals surface area (Å²) >= 11 is 0. The minimum Gasteiger partial charge on any atom is -0.455 e.